The molecule has 0 atom stereocenters. The van der Waals surface area contributed by atoms with Gasteiger partial charge in [0.05, 0.1) is 17.1 Å². The first-order chi connectivity index (χ1) is 14.4. The summed E-state index contributed by atoms with van der Waals surface area (Å²) < 4.78 is 6.74. The molecule has 0 radical (unpaired) electrons. The highest BCUT2D eigenvalue weighted by Gasteiger charge is 2.17. The minimum atomic E-state index is -0.117. The van der Waals surface area contributed by atoms with Crippen LogP contribution in [-0.2, 0) is 7.05 Å². The fraction of sp³-hybridized carbons (Fsp3) is 0.217. The maximum Gasteiger partial charge on any atom is 0.297 e. The van der Waals surface area contributed by atoms with Gasteiger partial charge >= 0.3 is 0 Å². The smallest absolute Gasteiger partial charge is 0.297 e. The van der Waals surface area contributed by atoms with Crippen molar-refractivity contribution in [2.45, 2.75) is 26.8 Å². The molecular formula is C23H23BrN4OS. The predicted molar refractivity (Wildman–Crippen MR) is 127 cm³/mol. The molecule has 0 bridgehead atoms. The summed E-state index contributed by atoms with van der Waals surface area (Å²) in [5.74, 6) is 0. The van der Waals surface area contributed by atoms with Crippen LogP contribution in [0.3, 0.4) is 0 Å². The lowest BCUT2D eigenvalue weighted by molar-refractivity contribution is 0.591. The van der Waals surface area contributed by atoms with Crippen LogP contribution < -0.4 is 10.4 Å². The van der Waals surface area contributed by atoms with Crippen molar-refractivity contribution in [1.29, 1.82) is 0 Å². The highest BCUT2D eigenvalue weighted by atomic mass is 79.9. The Morgan fingerprint density at radius 2 is 1.80 bits per heavy atom. The van der Waals surface area contributed by atoms with Crippen LogP contribution in [0.4, 0.5) is 5.69 Å². The van der Waals surface area contributed by atoms with Crippen LogP contribution in [0.25, 0.3) is 16.9 Å². The number of halogens is 1. The second-order valence-corrected chi connectivity index (χ2v) is 9.15. The maximum atomic E-state index is 13.3. The fourth-order valence-corrected chi connectivity index (χ4v) is 4.97. The van der Waals surface area contributed by atoms with Gasteiger partial charge in [-0.1, -0.05) is 46.3 Å². The number of aromatic nitrogens is 3. The SMILES string of the molecule is Cc1c(N=c2scc(-c3cccc(Br)c3)n2C(C)C)c(=O)n(-c2ccccc2)n1C. The van der Waals surface area contributed by atoms with E-state index in [1.165, 1.54) is 0 Å². The van der Waals surface area contributed by atoms with Gasteiger partial charge in [0.15, 0.2) is 10.5 Å². The number of benzene rings is 2. The number of hydrogen-bond acceptors (Lipinski definition) is 3. The van der Waals surface area contributed by atoms with Crippen LogP contribution in [-0.4, -0.2) is 13.9 Å². The molecule has 0 aliphatic rings. The zero-order valence-electron chi connectivity index (χ0n) is 17.3. The zero-order valence-corrected chi connectivity index (χ0v) is 19.7. The molecule has 0 saturated heterocycles. The molecular weight excluding hydrogens is 460 g/mol. The molecule has 2 aromatic heterocycles. The lowest BCUT2D eigenvalue weighted by atomic mass is 10.1. The van der Waals surface area contributed by atoms with Crippen LogP contribution in [0.2, 0.25) is 0 Å². The standard InChI is InChI=1S/C23H23BrN4OS/c1-15(2)27-20(17-9-8-10-18(24)13-17)14-30-23(27)25-21-16(3)26(4)28(22(21)29)19-11-6-5-7-12-19/h5-15H,1-4H3. The Labute approximate surface area is 187 Å². The third-order valence-corrected chi connectivity index (χ3v) is 6.44. The normalized spacial score (nSPS) is 12.1. The van der Waals surface area contributed by atoms with Gasteiger partial charge in [-0.05, 0) is 45.0 Å². The molecule has 0 amide bonds. The first kappa shape index (κ1) is 20.6. The summed E-state index contributed by atoms with van der Waals surface area (Å²) >= 11 is 5.11. The van der Waals surface area contributed by atoms with Crippen molar-refractivity contribution >= 4 is 33.0 Å². The lowest BCUT2D eigenvalue weighted by Crippen LogP contribution is -2.21. The molecule has 0 fully saturated rings. The molecule has 2 heterocycles. The molecule has 7 heteroatoms. The van der Waals surface area contributed by atoms with Gasteiger partial charge in [0.25, 0.3) is 5.56 Å². The van der Waals surface area contributed by atoms with E-state index in [-0.39, 0.29) is 11.6 Å². The van der Waals surface area contributed by atoms with Gasteiger partial charge in [-0.2, -0.15) is 0 Å². The highest BCUT2D eigenvalue weighted by Crippen LogP contribution is 2.26. The van der Waals surface area contributed by atoms with Crippen LogP contribution in [0.15, 0.2) is 74.2 Å². The van der Waals surface area contributed by atoms with Gasteiger partial charge in [-0.25, -0.2) is 9.67 Å². The van der Waals surface area contributed by atoms with Crippen LogP contribution in [0.5, 0.6) is 0 Å². The lowest BCUT2D eigenvalue weighted by Gasteiger charge is -2.13. The number of hydrogen-bond donors (Lipinski definition) is 0. The molecule has 30 heavy (non-hydrogen) atoms. The summed E-state index contributed by atoms with van der Waals surface area (Å²) in [5.41, 5.74) is 4.21. The summed E-state index contributed by atoms with van der Waals surface area (Å²) in [6.45, 7) is 6.20. The second-order valence-electron chi connectivity index (χ2n) is 7.40. The van der Waals surface area contributed by atoms with Crippen LogP contribution in [0.1, 0.15) is 25.6 Å². The average molecular weight is 483 g/mol. The molecule has 0 spiro atoms. The van der Waals surface area contributed by atoms with Crippen molar-refractivity contribution in [2.24, 2.45) is 12.0 Å². The molecule has 5 nitrogen and oxygen atoms in total. The van der Waals surface area contributed by atoms with Crippen molar-refractivity contribution < 1.29 is 0 Å². The van der Waals surface area contributed by atoms with E-state index in [0.717, 1.165) is 31.9 Å². The number of rotatable bonds is 4. The van der Waals surface area contributed by atoms with E-state index in [1.807, 2.05) is 61.1 Å². The molecule has 4 rings (SSSR count). The Balaban J connectivity index is 1.93. The van der Waals surface area contributed by atoms with E-state index in [9.17, 15) is 4.79 Å². The summed E-state index contributed by atoms with van der Waals surface area (Å²) in [6.07, 6.45) is 0. The molecule has 0 saturated carbocycles. The summed E-state index contributed by atoms with van der Waals surface area (Å²) in [6, 6.07) is 18.1. The zero-order chi connectivity index (χ0) is 21.4. The van der Waals surface area contributed by atoms with Gasteiger partial charge in [-0.15, -0.1) is 11.3 Å². The molecule has 0 aliphatic heterocycles. The van der Waals surface area contributed by atoms with E-state index in [4.69, 9.17) is 4.99 Å². The third-order valence-electron chi connectivity index (χ3n) is 5.11. The molecule has 0 N–H and O–H groups in total. The first-order valence-electron chi connectivity index (χ1n) is 9.73. The van der Waals surface area contributed by atoms with E-state index in [1.54, 1.807) is 16.0 Å². The average Bonchev–Trinajstić information content (AvgIpc) is 3.24. The topological polar surface area (TPSA) is 44.2 Å². The van der Waals surface area contributed by atoms with E-state index in [0.29, 0.717) is 5.69 Å². The highest BCUT2D eigenvalue weighted by molar-refractivity contribution is 9.10. The Hall–Kier alpha value is -2.64. The van der Waals surface area contributed by atoms with Crippen LogP contribution >= 0.6 is 27.3 Å². The van der Waals surface area contributed by atoms with Crippen molar-refractivity contribution in [3.8, 4) is 16.9 Å². The summed E-state index contributed by atoms with van der Waals surface area (Å²) in [4.78, 5) is 18.9. The molecule has 4 aromatic rings. The molecule has 0 unspecified atom stereocenters. The van der Waals surface area contributed by atoms with Crippen molar-refractivity contribution in [3.63, 3.8) is 0 Å². The molecule has 0 aliphatic carbocycles. The quantitative estimate of drug-likeness (QED) is 0.373. The third kappa shape index (κ3) is 3.63. The summed E-state index contributed by atoms with van der Waals surface area (Å²) in [5, 5.41) is 2.11. The first-order valence-corrected chi connectivity index (χ1v) is 11.4. The van der Waals surface area contributed by atoms with E-state index < -0.39 is 0 Å². The van der Waals surface area contributed by atoms with Gasteiger partial charge in [0.1, 0.15) is 0 Å². The van der Waals surface area contributed by atoms with Gasteiger partial charge in [0, 0.05) is 28.5 Å². The Morgan fingerprint density at radius 1 is 1.07 bits per heavy atom. The number of nitrogens with zero attached hydrogens (tertiary/aromatic N) is 4. The molecule has 2 aromatic carbocycles. The monoisotopic (exact) mass is 482 g/mol. The van der Waals surface area contributed by atoms with Crippen molar-refractivity contribution in [1.82, 2.24) is 13.9 Å². The van der Waals surface area contributed by atoms with Gasteiger partial charge in [0.2, 0.25) is 0 Å². The predicted octanol–water partition coefficient (Wildman–Crippen LogP) is 5.59. The number of para-hydroxylation sites is 1. The summed E-state index contributed by atoms with van der Waals surface area (Å²) in [7, 11) is 1.89. The number of thiazole rings is 1. The van der Waals surface area contributed by atoms with E-state index in [2.05, 4.69) is 51.9 Å². The van der Waals surface area contributed by atoms with Gasteiger partial charge < -0.3 is 4.57 Å². The van der Waals surface area contributed by atoms with Gasteiger partial charge in [-0.3, -0.25) is 9.48 Å². The Kier molecular flexibility index (Phi) is 5.66. The largest absolute Gasteiger partial charge is 0.314 e. The molecule has 154 valence electrons. The fourth-order valence-electron chi connectivity index (χ4n) is 3.54. The van der Waals surface area contributed by atoms with Crippen molar-refractivity contribution in [3.05, 3.63) is 85.3 Å². The second kappa shape index (κ2) is 8.24. The maximum absolute atomic E-state index is 13.3. The Morgan fingerprint density at radius 3 is 2.47 bits per heavy atom. The van der Waals surface area contributed by atoms with E-state index >= 15 is 0 Å². The minimum absolute atomic E-state index is 0.117. The minimum Gasteiger partial charge on any atom is -0.314 e. The van der Waals surface area contributed by atoms with Crippen LogP contribution in [0, 0.1) is 6.92 Å². The Bertz CT molecular complexity index is 1330. The van der Waals surface area contributed by atoms with Crippen molar-refractivity contribution in [2.75, 3.05) is 0 Å².